The van der Waals surface area contributed by atoms with E-state index in [-0.39, 0.29) is 0 Å². The second-order valence-electron chi connectivity index (χ2n) is 5.56. The molecule has 0 saturated carbocycles. The molecule has 0 fully saturated rings. The van der Waals surface area contributed by atoms with E-state index in [4.69, 9.17) is 4.74 Å². The van der Waals surface area contributed by atoms with Gasteiger partial charge in [-0.25, -0.2) is 13.2 Å². The Labute approximate surface area is 148 Å². The number of nitrogens with one attached hydrogen (secondary N) is 2. The summed E-state index contributed by atoms with van der Waals surface area (Å²) in [5, 5.41) is 4.37. The smallest absolute Gasteiger partial charge is 0.261 e. The van der Waals surface area contributed by atoms with E-state index in [1.54, 1.807) is 12.1 Å². The summed E-state index contributed by atoms with van der Waals surface area (Å²) in [5.74, 6) is -5.44. The molecule has 1 atom stereocenters. The van der Waals surface area contributed by atoms with E-state index in [9.17, 15) is 22.8 Å². The van der Waals surface area contributed by atoms with Crippen molar-refractivity contribution < 1.29 is 27.5 Å². The minimum Gasteiger partial charge on any atom is -0.481 e. The Bertz CT molecular complexity index is 810. The summed E-state index contributed by atoms with van der Waals surface area (Å²) < 4.78 is 44.9. The van der Waals surface area contributed by atoms with Crippen molar-refractivity contribution in [1.29, 1.82) is 0 Å². The molecule has 1 unspecified atom stereocenters. The Balaban J connectivity index is 1.85. The number of carbonyl (C=O) groups excluding carboxylic acids is 2. The highest BCUT2D eigenvalue weighted by atomic mass is 19.2. The molecule has 0 aliphatic rings. The molecule has 138 valence electrons. The van der Waals surface area contributed by atoms with Crippen LogP contribution in [0, 0.1) is 24.4 Å². The highest BCUT2D eigenvalue weighted by molar-refractivity contribution is 5.95. The first kappa shape index (κ1) is 19.3. The van der Waals surface area contributed by atoms with Gasteiger partial charge in [-0.15, -0.1) is 0 Å². The van der Waals surface area contributed by atoms with Crippen molar-refractivity contribution >= 4 is 17.5 Å². The maximum Gasteiger partial charge on any atom is 0.261 e. The lowest BCUT2D eigenvalue weighted by Crippen LogP contribution is -2.40. The van der Waals surface area contributed by atoms with Crippen LogP contribution in [0.2, 0.25) is 0 Å². The molecule has 2 N–H and O–H groups in total. The maximum absolute atomic E-state index is 13.5. The molecule has 2 aromatic rings. The molecule has 8 heteroatoms. The van der Waals surface area contributed by atoms with Crippen molar-refractivity contribution in [3.05, 3.63) is 59.4 Å². The fourth-order valence-electron chi connectivity index (χ4n) is 2.00. The van der Waals surface area contributed by atoms with Crippen LogP contribution in [0.5, 0.6) is 5.75 Å². The van der Waals surface area contributed by atoms with Crippen LogP contribution in [-0.2, 0) is 9.59 Å². The number of aryl methyl sites for hydroxylation is 1. The van der Waals surface area contributed by atoms with Gasteiger partial charge in [-0.05, 0) is 38.1 Å². The third-order valence-corrected chi connectivity index (χ3v) is 3.44. The van der Waals surface area contributed by atoms with Crippen molar-refractivity contribution in [1.82, 2.24) is 5.32 Å². The van der Waals surface area contributed by atoms with Gasteiger partial charge in [0.25, 0.3) is 5.91 Å². The Morgan fingerprint density at radius 1 is 1.04 bits per heavy atom. The quantitative estimate of drug-likeness (QED) is 0.773. The maximum atomic E-state index is 13.5. The topological polar surface area (TPSA) is 67.4 Å². The zero-order valence-electron chi connectivity index (χ0n) is 14.1. The van der Waals surface area contributed by atoms with Crippen LogP contribution < -0.4 is 15.4 Å². The normalized spacial score (nSPS) is 11.6. The molecular formula is C18H17F3N2O3. The fraction of sp³-hybridized carbons (Fsp3) is 0.222. The Morgan fingerprint density at radius 2 is 1.69 bits per heavy atom. The van der Waals surface area contributed by atoms with Crippen LogP contribution in [0.1, 0.15) is 12.5 Å². The summed E-state index contributed by atoms with van der Waals surface area (Å²) in [6, 6.07) is 8.63. The summed E-state index contributed by atoms with van der Waals surface area (Å²) in [4.78, 5) is 23.7. The number of hydrogen-bond acceptors (Lipinski definition) is 3. The summed E-state index contributed by atoms with van der Waals surface area (Å²) in [5.41, 5.74) is 0.516. The predicted octanol–water partition coefficient (Wildman–Crippen LogP) is 2.93. The van der Waals surface area contributed by atoms with Gasteiger partial charge in [-0.2, -0.15) is 0 Å². The molecule has 0 spiro atoms. The van der Waals surface area contributed by atoms with Crippen LogP contribution in [0.3, 0.4) is 0 Å². The van der Waals surface area contributed by atoms with E-state index in [1.165, 1.54) is 6.92 Å². The molecule has 0 heterocycles. The van der Waals surface area contributed by atoms with Crippen LogP contribution >= 0.6 is 0 Å². The number of amides is 2. The predicted molar refractivity (Wildman–Crippen MR) is 89.2 cm³/mol. The molecule has 2 aromatic carbocycles. The summed E-state index contributed by atoms with van der Waals surface area (Å²) in [7, 11) is 0. The SMILES string of the molecule is Cc1ccc(OC(C)C(=O)NCC(=O)Nc2ccc(F)c(F)c2F)cc1. The highest BCUT2D eigenvalue weighted by Crippen LogP contribution is 2.19. The molecule has 0 aliphatic carbocycles. The van der Waals surface area contributed by atoms with Gasteiger partial charge < -0.3 is 15.4 Å². The number of anilines is 1. The second kappa shape index (κ2) is 8.37. The average Bonchev–Trinajstić information content (AvgIpc) is 2.62. The van der Waals surface area contributed by atoms with Gasteiger partial charge in [0, 0.05) is 0 Å². The molecule has 0 bridgehead atoms. The first-order chi connectivity index (χ1) is 12.3. The molecule has 2 amide bonds. The number of carbonyl (C=O) groups is 2. The zero-order valence-corrected chi connectivity index (χ0v) is 14.1. The van der Waals surface area contributed by atoms with Crippen molar-refractivity contribution in [3.63, 3.8) is 0 Å². The van der Waals surface area contributed by atoms with Gasteiger partial charge >= 0.3 is 0 Å². The summed E-state index contributed by atoms with van der Waals surface area (Å²) >= 11 is 0. The molecule has 26 heavy (non-hydrogen) atoms. The van der Waals surface area contributed by atoms with E-state index in [2.05, 4.69) is 10.6 Å². The van der Waals surface area contributed by atoms with Crippen LogP contribution in [0.25, 0.3) is 0 Å². The monoisotopic (exact) mass is 366 g/mol. The molecule has 5 nitrogen and oxygen atoms in total. The number of hydrogen-bond donors (Lipinski definition) is 2. The molecular weight excluding hydrogens is 349 g/mol. The lowest BCUT2D eigenvalue weighted by molar-refractivity contribution is -0.129. The number of halogens is 3. The average molecular weight is 366 g/mol. The molecule has 0 aliphatic heterocycles. The first-order valence-corrected chi connectivity index (χ1v) is 7.72. The van der Waals surface area contributed by atoms with Gasteiger partial charge in [-0.3, -0.25) is 9.59 Å². The van der Waals surface area contributed by atoms with E-state index in [0.717, 1.165) is 11.6 Å². The van der Waals surface area contributed by atoms with Crippen molar-refractivity contribution in [2.45, 2.75) is 20.0 Å². The van der Waals surface area contributed by atoms with Gasteiger partial charge in [0.2, 0.25) is 5.91 Å². The number of rotatable bonds is 6. The third kappa shape index (κ3) is 4.98. The largest absolute Gasteiger partial charge is 0.481 e. The zero-order chi connectivity index (χ0) is 19.3. The Hall–Kier alpha value is -3.03. The fourth-order valence-corrected chi connectivity index (χ4v) is 2.00. The van der Waals surface area contributed by atoms with Crippen LogP contribution in [0.4, 0.5) is 18.9 Å². The van der Waals surface area contributed by atoms with Gasteiger partial charge in [0.1, 0.15) is 5.75 Å². The number of benzene rings is 2. The third-order valence-electron chi connectivity index (χ3n) is 3.44. The molecule has 2 rings (SSSR count). The molecule has 0 aromatic heterocycles. The molecule has 0 saturated heterocycles. The Morgan fingerprint density at radius 3 is 2.35 bits per heavy atom. The molecule has 0 radical (unpaired) electrons. The minimum absolute atomic E-state index is 0.487. The highest BCUT2D eigenvalue weighted by Gasteiger charge is 2.18. The van der Waals surface area contributed by atoms with E-state index < -0.39 is 47.6 Å². The summed E-state index contributed by atoms with van der Waals surface area (Å²) in [6.45, 7) is 2.93. The van der Waals surface area contributed by atoms with Crippen LogP contribution in [-0.4, -0.2) is 24.5 Å². The van der Waals surface area contributed by atoms with E-state index in [0.29, 0.717) is 11.8 Å². The van der Waals surface area contributed by atoms with Crippen molar-refractivity contribution in [3.8, 4) is 5.75 Å². The second-order valence-corrected chi connectivity index (χ2v) is 5.56. The lowest BCUT2D eigenvalue weighted by Gasteiger charge is -2.15. The van der Waals surface area contributed by atoms with E-state index >= 15 is 0 Å². The minimum atomic E-state index is -1.69. The van der Waals surface area contributed by atoms with Gasteiger partial charge in [0.15, 0.2) is 23.6 Å². The lowest BCUT2D eigenvalue weighted by atomic mass is 10.2. The first-order valence-electron chi connectivity index (χ1n) is 7.72. The summed E-state index contributed by atoms with van der Waals surface area (Å²) in [6.07, 6.45) is -0.870. The van der Waals surface area contributed by atoms with Gasteiger partial charge in [-0.1, -0.05) is 17.7 Å². The van der Waals surface area contributed by atoms with E-state index in [1.807, 2.05) is 19.1 Å². The number of ether oxygens (including phenoxy) is 1. The van der Waals surface area contributed by atoms with Crippen molar-refractivity contribution in [2.24, 2.45) is 0 Å². The van der Waals surface area contributed by atoms with Crippen molar-refractivity contribution in [2.75, 3.05) is 11.9 Å². The Kier molecular flexibility index (Phi) is 6.21. The standard InChI is InChI=1S/C18H17F3N2O3/c1-10-3-5-12(6-4-10)26-11(2)18(25)22-9-15(24)23-14-8-7-13(19)16(20)17(14)21/h3-8,11H,9H2,1-2H3,(H,22,25)(H,23,24). The van der Waals surface area contributed by atoms with Gasteiger partial charge in [0.05, 0.1) is 12.2 Å². The van der Waals surface area contributed by atoms with Crippen LogP contribution in [0.15, 0.2) is 36.4 Å².